The number of nitrogens with zero attached hydrogens (tertiary/aromatic N) is 1. The summed E-state index contributed by atoms with van der Waals surface area (Å²) in [5.41, 5.74) is 0. The molecule has 1 aliphatic rings. The van der Waals surface area contributed by atoms with Gasteiger partial charge in [-0.25, -0.2) is 0 Å². The van der Waals surface area contributed by atoms with Gasteiger partial charge in [-0.1, -0.05) is 33.6 Å². The van der Waals surface area contributed by atoms with Crippen LogP contribution in [0.25, 0.3) is 0 Å². The van der Waals surface area contributed by atoms with Gasteiger partial charge in [-0.05, 0) is 38.5 Å². The van der Waals surface area contributed by atoms with E-state index in [0.29, 0.717) is 6.04 Å². The molecule has 0 amide bonds. The Balaban J connectivity index is 2.25. The van der Waals surface area contributed by atoms with Gasteiger partial charge < -0.3 is 5.32 Å². The lowest BCUT2D eigenvalue weighted by Crippen LogP contribution is -2.44. The molecule has 1 saturated carbocycles. The van der Waals surface area contributed by atoms with Crippen LogP contribution in [0.15, 0.2) is 0 Å². The molecule has 0 aromatic heterocycles. The topological polar surface area (TPSA) is 15.3 Å². The predicted octanol–water partition coefficient (Wildman–Crippen LogP) is 3.52. The lowest BCUT2D eigenvalue weighted by atomic mass is 9.86. The van der Waals surface area contributed by atoms with Crippen LogP contribution in [0.4, 0.5) is 0 Å². The number of hydrogen-bond donors (Lipinski definition) is 1. The van der Waals surface area contributed by atoms with E-state index in [9.17, 15) is 0 Å². The molecule has 1 N–H and O–H groups in total. The minimum atomic E-state index is 0.665. The molecule has 1 aliphatic carbocycles. The van der Waals surface area contributed by atoms with Gasteiger partial charge in [0.05, 0.1) is 0 Å². The summed E-state index contributed by atoms with van der Waals surface area (Å²) in [6.45, 7) is 15.2. The van der Waals surface area contributed by atoms with Crippen molar-refractivity contribution >= 4 is 0 Å². The molecular formula is C16H34N2. The van der Waals surface area contributed by atoms with Crippen LogP contribution in [0.5, 0.6) is 0 Å². The Bertz CT molecular complexity index is 213. The zero-order valence-corrected chi connectivity index (χ0v) is 13.2. The SMILES string of the molecule is CC(C)CN(CCNC1CCCCC1C)C(C)C. The molecule has 2 unspecified atom stereocenters. The fraction of sp³-hybridized carbons (Fsp3) is 1.00. The van der Waals surface area contributed by atoms with E-state index in [0.717, 1.165) is 24.4 Å². The smallest absolute Gasteiger partial charge is 0.0110 e. The van der Waals surface area contributed by atoms with Crippen molar-refractivity contribution in [2.75, 3.05) is 19.6 Å². The summed E-state index contributed by atoms with van der Waals surface area (Å²) < 4.78 is 0. The summed E-state index contributed by atoms with van der Waals surface area (Å²) in [5, 5.41) is 3.79. The highest BCUT2D eigenvalue weighted by Crippen LogP contribution is 2.23. The van der Waals surface area contributed by atoms with Crippen LogP contribution < -0.4 is 5.32 Å². The van der Waals surface area contributed by atoms with Gasteiger partial charge in [0.2, 0.25) is 0 Å². The summed E-state index contributed by atoms with van der Waals surface area (Å²) >= 11 is 0. The van der Waals surface area contributed by atoms with Gasteiger partial charge in [0, 0.05) is 31.7 Å². The average molecular weight is 254 g/mol. The summed E-state index contributed by atoms with van der Waals surface area (Å²) in [6, 6.07) is 1.43. The van der Waals surface area contributed by atoms with Gasteiger partial charge in [0.25, 0.3) is 0 Å². The minimum absolute atomic E-state index is 0.665. The van der Waals surface area contributed by atoms with E-state index in [1.165, 1.54) is 38.8 Å². The minimum Gasteiger partial charge on any atom is -0.312 e. The Morgan fingerprint density at radius 1 is 1.11 bits per heavy atom. The van der Waals surface area contributed by atoms with Gasteiger partial charge in [-0.15, -0.1) is 0 Å². The molecule has 0 saturated heterocycles. The Labute approximate surface area is 115 Å². The largest absolute Gasteiger partial charge is 0.312 e. The van der Waals surface area contributed by atoms with Crippen molar-refractivity contribution in [2.24, 2.45) is 11.8 Å². The molecule has 0 aromatic carbocycles. The van der Waals surface area contributed by atoms with Crippen LogP contribution in [0.3, 0.4) is 0 Å². The standard InChI is InChI=1S/C16H34N2/c1-13(2)12-18(14(3)4)11-10-17-16-9-7-6-8-15(16)5/h13-17H,6-12H2,1-5H3. The number of rotatable bonds is 7. The van der Waals surface area contributed by atoms with E-state index in [4.69, 9.17) is 0 Å². The second-order valence-corrected chi connectivity index (χ2v) is 6.80. The zero-order valence-electron chi connectivity index (χ0n) is 13.2. The molecule has 2 nitrogen and oxygen atoms in total. The van der Waals surface area contributed by atoms with E-state index < -0.39 is 0 Å². The summed E-state index contributed by atoms with van der Waals surface area (Å²) in [4.78, 5) is 2.60. The molecule has 18 heavy (non-hydrogen) atoms. The quantitative estimate of drug-likeness (QED) is 0.748. The lowest BCUT2D eigenvalue weighted by Gasteiger charge is -2.32. The molecular weight excluding hydrogens is 220 g/mol. The van der Waals surface area contributed by atoms with E-state index in [1.807, 2.05) is 0 Å². The number of nitrogens with one attached hydrogen (secondary N) is 1. The first-order valence-corrected chi connectivity index (χ1v) is 7.98. The lowest BCUT2D eigenvalue weighted by molar-refractivity contribution is 0.188. The second kappa shape index (κ2) is 8.16. The Morgan fingerprint density at radius 2 is 1.78 bits per heavy atom. The molecule has 2 heteroatoms. The monoisotopic (exact) mass is 254 g/mol. The van der Waals surface area contributed by atoms with Crippen LogP contribution in [-0.4, -0.2) is 36.6 Å². The summed E-state index contributed by atoms with van der Waals surface area (Å²) in [6.07, 6.45) is 5.65. The maximum Gasteiger partial charge on any atom is 0.0110 e. The third kappa shape index (κ3) is 5.71. The number of hydrogen-bond acceptors (Lipinski definition) is 2. The first kappa shape index (κ1) is 16.0. The van der Waals surface area contributed by atoms with Crippen molar-refractivity contribution < 1.29 is 0 Å². The normalized spacial score (nSPS) is 25.3. The predicted molar refractivity (Wildman–Crippen MR) is 81.0 cm³/mol. The average Bonchev–Trinajstić information content (AvgIpc) is 2.29. The van der Waals surface area contributed by atoms with Crippen molar-refractivity contribution in [2.45, 2.75) is 72.4 Å². The van der Waals surface area contributed by atoms with Crippen LogP contribution in [0.2, 0.25) is 0 Å². The zero-order chi connectivity index (χ0) is 13.5. The second-order valence-electron chi connectivity index (χ2n) is 6.80. The van der Waals surface area contributed by atoms with E-state index in [2.05, 4.69) is 44.8 Å². The third-order valence-corrected chi connectivity index (χ3v) is 4.25. The van der Waals surface area contributed by atoms with Gasteiger partial charge in [-0.2, -0.15) is 0 Å². The van der Waals surface area contributed by atoms with Gasteiger partial charge in [0.15, 0.2) is 0 Å². The fourth-order valence-electron chi connectivity index (χ4n) is 3.04. The van der Waals surface area contributed by atoms with E-state index >= 15 is 0 Å². The molecule has 1 fully saturated rings. The van der Waals surface area contributed by atoms with Crippen LogP contribution in [0.1, 0.15) is 60.3 Å². The molecule has 0 aromatic rings. The molecule has 1 rings (SSSR count). The molecule has 108 valence electrons. The van der Waals surface area contributed by atoms with Crippen molar-refractivity contribution in [1.29, 1.82) is 0 Å². The van der Waals surface area contributed by atoms with E-state index in [-0.39, 0.29) is 0 Å². The third-order valence-electron chi connectivity index (χ3n) is 4.25. The Kier molecular flexibility index (Phi) is 7.25. The van der Waals surface area contributed by atoms with Crippen LogP contribution in [-0.2, 0) is 0 Å². The molecule has 0 heterocycles. The first-order chi connectivity index (χ1) is 8.50. The van der Waals surface area contributed by atoms with Gasteiger partial charge in [-0.3, -0.25) is 4.90 Å². The first-order valence-electron chi connectivity index (χ1n) is 7.98. The highest BCUT2D eigenvalue weighted by Gasteiger charge is 2.20. The fourth-order valence-corrected chi connectivity index (χ4v) is 3.04. The van der Waals surface area contributed by atoms with Crippen molar-refractivity contribution in [3.05, 3.63) is 0 Å². The molecule has 0 radical (unpaired) electrons. The highest BCUT2D eigenvalue weighted by atomic mass is 15.2. The Hall–Kier alpha value is -0.0800. The molecule has 0 bridgehead atoms. The molecule has 2 atom stereocenters. The van der Waals surface area contributed by atoms with Crippen molar-refractivity contribution in [3.63, 3.8) is 0 Å². The molecule has 0 aliphatic heterocycles. The van der Waals surface area contributed by atoms with E-state index in [1.54, 1.807) is 0 Å². The maximum absolute atomic E-state index is 3.79. The van der Waals surface area contributed by atoms with Gasteiger partial charge >= 0.3 is 0 Å². The van der Waals surface area contributed by atoms with Crippen molar-refractivity contribution in [3.8, 4) is 0 Å². The summed E-state index contributed by atoms with van der Waals surface area (Å²) in [5.74, 6) is 1.64. The van der Waals surface area contributed by atoms with Crippen LogP contribution >= 0.6 is 0 Å². The van der Waals surface area contributed by atoms with Crippen LogP contribution in [0, 0.1) is 11.8 Å². The Morgan fingerprint density at radius 3 is 2.33 bits per heavy atom. The molecule has 0 spiro atoms. The highest BCUT2D eigenvalue weighted by molar-refractivity contribution is 4.78. The van der Waals surface area contributed by atoms with Gasteiger partial charge in [0.1, 0.15) is 0 Å². The van der Waals surface area contributed by atoms with Crippen molar-refractivity contribution in [1.82, 2.24) is 10.2 Å². The maximum atomic E-state index is 3.79. The summed E-state index contributed by atoms with van der Waals surface area (Å²) in [7, 11) is 0.